The molecule has 2 rings (SSSR count). The summed E-state index contributed by atoms with van der Waals surface area (Å²) in [6, 6.07) is 0. The lowest BCUT2D eigenvalue weighted by Crippen LogP contribution is -2.21. The van der Waals surface area contributed by atoms with Crippen molar-refractivity contribution in [2.75, 3.05) is 0 Å². The molecule has 0 atom stereocenters. The maximum absolute atomic E-state index is 11.4. The molecule has 5 nitrogen and oxygen atoms in total. The van der Waals surface area contributed by atoms with E-state index in [1.54, 1.807) is 30.2 Å². The first-order chi connectivity index (χ1) is 6.27. The van der Waals surface area contributed by atoms with Gasteiger partial charge < -0.3 is 4.57 Å². The van der Waals surface area contributed by atoms with Gasteiger partial charge in [0, 0.05) is 19.4 Å². The number of rotatable bonds is 2. The van der Waals surface area contributed by atoms with Crippen molar-refractivity contribution in [1.82, 2.24) is 18.7 Å². The molecule has 68 valence electrons. The average Bonchev–Trinajstić information content (AvgIpc) is 2.71. The van der Waals surface area contributed by atoms with E-state index >= 15 is 0 Å². The molecule has 0 amide bonds. The summed E-state index contributed by atoms with van der Waals surface area (Å²) < 4.78 is 6.88. The van der Waals surface area contributed by atoms with E-state index in [1.807, 2.05) is 0 Å². The van der Waals surface area contributed by atoms with E-state index in [9.17, 15) is 4.79 Å². The molecule has 0 unspecified atom stereocenters. The predicted octanol–water partition coefficient (Wildman–Crippen LogP) is 0.0866. The van der Waals surface area contributed by atoms with Gasteiger partial charge in [-0.2, -0.15) is 0 Å². The van der Waals surface area contributed by atoms with Gasteiger partial charge in [-0.1, -0.05) is 4.49 Å². The summed E-state index contributed by atoms with van der Waals surface area (Å²) in [6.45, 7) is 0.553. The second-order valence-electron chi connectivity index (χ2n) is 2.70. The second-order valence-corrected chi connectivity index (χ2v) is 3.57. The quantitative estimate of drug-likeness (QED) is 0.684. The van der Waals surface area contributed by atoms with Crippen molar-refractivity contribution >= 4 is 11.5 Å². The third kappa shape index (κ3) is 1.52. The first-order valence-electron chi connectivity index (χ1n) is 3.75. The fourth-order valence-electron chi connectivity index (χ4n) is 1.06. The van der Waals surface area contributed by atoms with Gasteiger partial charge in [-0.15, -0.1) is 5.10 Å². The van der Waals surface area contributed by atoms with Crippen molar-refractivity contribution in [3.8, 4) is 0 Å². The van der Waals surface area contributed by atoms with Crippen LogP contribution >= 0.6 is 11.5 Å². The monoisotopic (exact) mass is 196 g/mol. The topological polar surface area (TPSA) is 52.7 Å². The van der Waals surface area contributed by atoms with Crippen LogP contribution in [-0.4, -0.2) is 18.7 Å². The van der Waals surface area contributed by atoms with Crippen molar-refractivity contribution < 1.29 is 0 Å². The van der Waals surface area contributed by atoms with Gasteiger partial charge in [-0.05, 0) is 11.5 Å². The highest BCUT2D eigenvalue weighted by Crippen LogP contribution is 2.02. The molecule has 0 fully saturated rings. The van der Waals surface area contributed by atoms with E-state index in [4.69, 9.17) is 0 Å². The van der Waals surface area contributed by atoms with Crippen LogP contribution < -0.4 is 5.69 Å². The Kier molecular flexibility index (Phi) is 1.97. The SMILES string of the molecule is Cn1ccn(Cc2cnns2)c1=O. The van der Waals surface area contributed by atoms with E-state index in [1.165, 1.54) is 16.1 Å². The van der Waals surface area contributed by atoms with Crippen molar-refractivity contribution in [3.05, 3.63) is 34.0 Å². The molecule has 13 heavy (non-hydrogen) atoms. The van der Waals surface area contributed by atoms with Gasteiger partial charge >= 0.3 is 5.69 Å². The number of aryl methyl sites for hydroxylation is 1. The van der Waals surface area contributed by atoms with Crippen molar-refractivity contribution in [2.45, 2.75) is 6.54 Å². The van der Waals surface area contributed by atoms with Gasteiger partial charge in [-0.25, -0.2) is 4.79 Å². The summed E-state index contributed by atoms with van der Waals surface area (Å²) in [7, 11) is 1.73. The Morgan fingerprint density at radius 1 is 1.54 bits per heavy atom. The van der Waals surface area contributed by atoms with Crippen LogP contribution in [0.4, 0.5) is 0 Å². The Hall–Kier alpha value is -1.43. The van der Waals surface area contributed by atoms with Crippen LogP contribution in [0.15, 0.2) is 23.4 Å². The molecule has 0 aliphatic rings. The summed E-state index contributed by atoms with van der Waals surface area (Å²) in [4.78, 5) is 12.4. The first-order valence-corrected chi connectivity index (χ1v) is 4.53. The molecular weight excluding hydrogens is 188 g/mol. The summed E-state index contributed by atoms with van der Waals surface area (Å²) in [5.74, 6) is 0. The Morgan fingerprint density at radius 2 is 2.38 bits per heavy atom. The van der Waals surface area contributed by atoms with Crippen molar-refractivity contribution in [3.63, 3.8) is 0 Å². The van der Waals surface area contributed by atoms with Crippen LogP contribution in [0, 0.1) is 0 Å². The number of hydrogen-bond acceptors (Lipinski definition) is 4. The van der Waals surface area contributed by atoms with E-state index in [0.29, 0.717) is 6.54 Å². The lowest BCUT2D eigenvalue weighted by atomic mass is 10.5. The van der Waals surface area contributed by atoms with Gasteiger partial charge in [0.2, 0.25) is 0 Å². The van der Waals surface area contributed by atoms with Gasteiger partial charge in [0.1, 0.15) is 0 Å². The molecule has 0 aromatic carbocycles. The van der Waals surface area contributed by atoms with Crippen LogP contribution in [0.1, 0.15) is 4.88 Å². The second kappa shape index (κ2) is 3.14. The first kappa shape index (κ1) is 8.18. The van der Waals surface area contributed by atoms with Crippen LogP contribution in [-0.2, 0) is 13.6 Å². The maximum atomic E-state index is 11.4. The molecule has 0 aliphatic heterocycles. The number of imidazole rings is 1. The molecule has 0 radical (unpaired) electrons. The standard InChI is InChI=1S/C7H8N4OS/c1-10-2-3-11(7(10)12)5-6-4-8-9-13-6/h2-4H,5H2,1H3. The Morgan fingerprint density at radius 3 is 2.92 bits per heavy atom. The van der Waals surface area contributed by atoms with E-state index in [-0.39, 0.29) is 5.69 Å². The third-order valence-electron chi connectivity index (χ3n) is 1.75. The fourth-order valence-corrected chi connectivity index (χ4v) is 1.55. The Bertz CT molecular complexity index is 441. The molecule has 6 heteroatoms. The normalized spacial score (nSPS) is 10.5. The lowest BCUT2D eigenvalue weighted by Gasteiger charge is -1.94. The van der Waals surface area contributed by atoms with Gasteiger partial charge in [0.15, 0.2) is 0 Å². The van der Waals surface area contributed by atoms with Crippen molar-refractivity contribution in [1.29, 1.82) is 0 Å². The zero-order chi connectivity index (χ0) is 9.26. The van der Waals surface area contributed by atoms with Crippen molar-refractivity contribution in [2.24, 2.45) is 7.05 Å². The average molecular weight is 196 g/mol. The summed E-state index contributed by atoms with van der Waals surface area (Å²) in [5, 5.41) is 3.70. The van der Waals surface area contributed by atoms with Gasteiger partial charge in [0.25, 0.3) is 0 Å². The van der Waals surface area contributed by atoms with Crippen LogP contribution in [0.5, 0.6) is 0 Å². The number of nitrogens with zero attached hydrogens (tertiary/aromatic N) is 4. The van der Waals surface area contributed by atoms with Gasteiger partial charge in [-0.3, -0.25) is 4.57 Å². The van der Waals surface area contributed by atoms with E-state index < -0.39 is 0 Å². The van der Waals surface area contributed by atoms with E-state index in [2.05, 4.69) is 9.59 Å². The summed E-state index contributed by atoms with van der Waals surface area (Å²) >= 11 is 1.31. The molecule has 2 aromatic rings. The highest BCUT2D eigenvalue weighted by atomic mass is 32.1. The number of aromatic nitrogens is 4. The molecule has 0 saturated carbocycles. The third-order valence-corrected chi connectivity index (χ3v) is 2.40. The van der Waals surface area contributed by atoms with Crippen LogP contribution in [0.2, 0.25) is 0 Å². The molecule has 2 heterocycles. The highest BCUT2D eigenvalue weighted by molar-refractivity contribution is 7.05. The minimum Gasteiger partial charge on any atom is -0.302 e. The minimum atomic E-state index is -0.0200. The molecular formula is C7H8N4OS. The zero-order valence-electron chi connectivity index (χ0n) is 7.04. The Labute approximate surface area is 78.4 Å². The Balaban J connectivity index is 2.29. The maximum Gasteiger partial charge on any atom is 0.328 e. The molecule has 2 aromatic heterocycles. The summed E-state index contributed by atoms with van der Waals surface area (Å²) in [5.41, 5.74) is -0.0200. The summed E-state index contributed by atoms with van der Waals surface area (Å²) in [6.07, 6.45) is 5.16. The van der Waals surface area contributed by atoms with Crippen LogP contribution in [0.25, 0.3) is 0 Å². The smallest absolute Gasteiger partial charge is 0.302 e. The van der Waals surface area contributed by atoms with Gasteiger partial charge in [0.05, 0.1) is 17.6 Å². The number of hydrogen-bond donors (Lipinski definition) is 0. The largest absolute Gasteiger partial charge is 0.328 e. The van der Waals surface area contributed by atoms with E-state index in [0.717, 1.165) is 4.88 Å². The molecule has 0 spiro atoms. The zero-order valence-corrected chi connectivity index (χ0v) is 7.86. The van der Waals surface area contributed by atoms with Crippen LogP contribution in [0.3, 0.4) is 0 Å². The predicted molar refractivity (Wildman–Crippen MR) is 48.7 cm³/mol. The molecule has 0 saturated heterocycles. The lowest BCUT2D eigenvalue weighted by molar-refractivity contribution is 0.723. The highest BCUT2D eigenvalue weighted by Gasteiger charge is 2.01. The fraction of sp³-hybridized carbons (Fsp3) is 0.286. The molecule has 0 N–H and O–H groups in total. The minimum absolute atomic E-state index is 0.0200. The molecule has 0 bridgehead atoms. The molecule has 0 aliphatic carbocycles.